The molecular weight excluding hydrogens is 242 g/mol. The first-order valence-electron chi connectivity index (χ1n) is 4.44. The molecule has 6 heteroatoms. The van der Waals surface area contributed by atoms with Crippen LogP contribution < -0.4 is 11.5 Å². The first-order valence-corrected chi connectivity index (χ1v) is 6.13. The summed E-state index contributed by atoms with van der Waals surface area (Å²) < 4.78 is 0.883. The van der Waals surface area contributed by atoms with E-state index in [2.05, 4.69) is 4.98 Å². The van der Waals surface area contributed by atoms with Gasteiger partial charge in [-0.3, -0.25) is 4.79 Å². The molecule has 4 nitrogen and oxygen atoms in total. The molecule has 16 heavy (non-hydrogen) atoms. The fourth-order valence-corrected chi connectivity index (χ4v) is 2.86. The zero-order valence-corrected chi connectivity index (χ0v) is 9.85. The lowest BCUT2D eigenvalue weighted by molar-refractivity contribution is 0.100. The van der Waals surface area contributed by atoms with E-state index in [9.17, 15) is 4.79 Å². The van der Waals surface area contributed by atoms with E-state index in [0.29, 0.717) is 11.3 Å². The molecule has 1 aromatic carbocycles. The number of nitrogens with zero attached hydrogens (tertiary/aromatic N) is 1. The van der Waals surface area contributed by atoms with Crippen molar-refractivity contribution in [3.05, 3.63) is 35.3 Å². The topological polar surface area (TPSA) is 82.0 Å². The summed E-state index contributed by atoms with van der Waals surface area (Å²) in [7, 11) is 0. The Morgan fingerprint density at radius 2 is 2.25 bits per heavy atom. The van der Waals surface area contributed by atoms with Crippen LogP contribution in [0, 0.1) is 0 Å². The SMILES string of the molecule is NC(=O)c1cccc(Sc2nccs2)c1N. The second kappa shape index (κ2) is 4.54. The van der Waals surface area contributed by atoms with Crippen molar-refractivity contribution in [1.29, 1.82) is 0 Å². The molecule has 0 bridgehead atoms. The highest BCUT2D eigenvalue weighted by Gasteiger charge is 2.11. The molecule has 0 radical (unpaired) electrons. The summed E-state index contributed by atoms with van der Waals surface area (Å²) in [6, 6.07) is 5.21. The molecule has 4 N–H and O–H groups in total. The van der Waals surface area contributed by atoms with Gasteiger partial charge in [0.2, 0.25) is 0 Å². The number of nitrogens with two attached hydrogens (primary N) is 2. The Balaban J connectivity index is 2.35. The minimum Gasteiger partial charge on any atom is -0.397 e. The fraction of sp³-hybridized carbons (Fsp3) is 0. The Bertz CT molecular complexity index is 511. The maximum Gasteiger partial charge on any atom is 0.250 e. The zero-order valence-electron chi connectivity index (χ0n) is 8.21. The highest BCUT2D eigenvalue weighted by atomic mass is 32.2. The summed E-state index contributed by atoms with van der Waals surface area (Å²) in [5, 5.41) is 1.89. The van der Waals surface area contributed by atoms with Gasteiger partial charge in [-0.15, -0.1) is 11.3 Å². The van der Waals surface area contributed by atoms with Crippen molar-refractivity contribution in [2.45, 2.75) is 9.24 Å². The third-order valence-corrected chi connectivity index (χ3v) is 3.90. The molecule has 0 spiro atoms. The van der Waals surface area contributed by atoms with Crippen LogP contribution in [-0.4, -0.2) is 10.9 Å². The van der Waals surface area contributed by atoms with Crippen molar-refractivity contribution >= 4 is 34.7 Å². The van der Waals surface area contributed by atoms with E-state index in [0.717, 1.165) is 9.24 Å². The van der Waals surface area contributed by atoms with Gasteiger partial charge in [0.05, 0.1) is 11.3 Å². The van der Waals surface area contributed by atoms with Gasteiger partial charge in [0, 0.05) is 16.5 Å². The van der Waals surface area contributed by atoms with E-state index in [-0.39, 0.29) is 0 Å². The molecule has 1 aromatic heterocycles. The Kier molecular flexibility index (Phi) is 3.12. The summed E-state index contributed by atoms with van der Waals surface area (Å²) >= 11 is 2.95. The highest BCUT2D eigenvalue weighted by molar-refractivity contribution is 8.01. The Hall–Kier alpha value is -1.53. The van der Waals surface area contributed by atoms with Crippen molar-refractivity contribution < 1.29 is 4.79 Å². The first-order chi connectivity index (χ1) is 7.68. The number of nitrogen functional groups attached to an aromatic ring is 1. The van der Waals surface area contributed by atoms with E-state index < -0.39 is 5.91 Å². The number of aromatic nitrogens is 1. The van der Waals surface area contributed by atoms with Crippen molar-refractivity contribution in [3.63, 3.8) is 0 Å². The van der Waals surface area contributed by atoms with Crippen molar-refractivity contribution in [2.75, 3.05) is 5.73 Å². The van der Waals surface area contributed by atoms with E-state index in [1.807, 2.05) is 11.4 Å². The largest absolute Gasteiger partial charge is 0.397 e. The molecule has 0 saturated carbocycles. The van der Waals surface area contributed by atoms with Crippen molar-refractivity contribution in [2.24, 2.45) is 5.73 Å². The second-order valence-electron chi connectivity index (χ2n) is 2.98. The van der Waals surface area contributed by atoms with Gasteiger partial charge < -0.3 is 11.5 Å². The maximum absolute atomic E-state index is 11.1. The molecular formula is C10H9N3OS2. The minimum absolute atomic E-state index is 0.349. The normalized spacial score (nSPS) is 10.2. The summed E-state index contributed by atoms with van der Waals surface area (Å²) in [5.41, 5.74) is 11.8. The van der Waals surface area contributed by atoms with Crippen LogP contribution in [0.25, 0.3) is 0 Å². The number of para-hydroxylation sites is 1. The predicted octanol–water partition coefficient (Wildman–Crippen LogP) is 1.98. The number of hydrogen-bond acceptors (Lipinski definition) is 5. The van der Waals surface area contributed by atoms with E-state index >= 15 is 0 Å². The standard InChI is InChI=1S/C10H9N3OS2/c11-8-6(9(12)14)2-1-3-7(8)16-10-13-4-5-15-10/h1-5H,11H2,(H2,12,14). The van der Waals surface area contributed by atoms with Crippen LogP contribution in [0.1, 0.15) is 10.4 Å². The monoisotopic (exact) mass is 251 g/mol. The van der Waals surface area contributed by atoms with Gasteiger partial charge in [0.15, 0.2) is 4.34 Å². The smallest absolute Gasteiger partial charge is 0.250 e. The molecule has 0 atom stereocenters. The summed E-state index contributed by atoms with van der Waals surface area (Å²) in [5.74, 6) is -0.515. The average Bonchev–Trinajstić information content (AvgIpc) is 2.73. The quantitative estimate of drug-likeness (QED) is 0.817. The Morgan fingerprint density at radius 3 is 2.88 bits per heavy atom. The van der Waals surface area contributed by atoms with Crippen molar-refractivity contribution in [1.82, 2.24) is 4.98 Å². The summed E-state index contributed by atoms with van der Waals surface area (Å²) in [6.07, 6.45) is 1.72. The molecule has 0 aliphatic heterocycles. The zero-order chi connectivity index (χ0) is 11.5. The molecule has 1 amide bonds. The van der Waals surface area contributed by atoms with Gasteiger partial charge in [-0.25, -0.2) is 4.98 Å². The minimum atomic E-state index is -0.515. The summed E-state index contributed by atoms with van der Waals surface area (Å²) in [6.45, 7) is 0. The number of benzene rings is 1. The number of amides is 1. The van der Waals surface area contributed by atoms with E-state index in [1.54, 1.807) is 18.3 Å². The molecule has 82 valence electrons. The van der Waals surface area contributed by atoms with Crippen LogP contribution in [0.15, 0.2) is 39.0 Å². The second-order valence-corrected chi connectivity index (χ2v) is 5.17. The van der Waals surface area contributed by atoms with Crippen LogP contribution in [0.5, 0.6) is 0 Å². The number of carbonyl (C=O) groups is 1. The molecule has 0 aliphatic carbocycles. The Labute approximate surface area is 101 Å². The number of hydrogen-bond donors (Lipinski definition) is 2. The molecule has 0 fully saturated rings. The number of carbonyl (C=O) groups excluding carboxylic acids is 1. The van der Waals surface area contributed by atoms with Gasteiger partial charge in [-0.1, -0.05) is 17.8 Å². The number of rotatable bonds is 3. The summed E-state index contributed by atoms with van der Waals surface area (Å²) in [4.78, 5) is 16.0. The van der Waals surface area contributed by atoms with E-state index in [1.165, 1.54) is 23.1 Å². The molecule has 0 saturated heterocycles. The molecule has 2 aromatic rings. The molecule has 0 unspecified atom stereocenters. The lowest BCUT2D eigenvalue weighted by Crippen LogP contribution is -2.13. The van der Waals surface area contributed by atoms with Crippen LogP contribution >= 0.6 is 23.1 Å². The number of thiazole rings is 1. The molecule has 1 heterocycles. The van der Waals surface area contributed by atoms with Crippen LogP contribution in [0.4, 0.5) is 5.69 Å². The van der Waals surface area contributed by atoms with Gasteiger partial charge >= 0.3 is 0 Å². The maximum atomic E-state index is 11.1. The number of primary amides is 1. The number of anilines is 1. The predicted molar refractivity (Wildman–Crippen MR) is 65.6 cm³/mol. The fourth-order valence-electron chi connectivity index (χ4n) is 1.20. The van der Waals surface area contributed by atoms with Crippen LogP contribution in [-0.2, 0) is 0 Å². The Morgan fingerprint density at radius 1 is 1.44 bits per heavy atom. The van der Waals surface area contributed by atoms with Gasteiger partial charge in [0.1, 0.15) is 0 Å². The average molecular weight is 251 g/mol. The van der Waals surface area contributed by atoms with Gasteiger partial charge in [-0.05, 0) is 12.1 Å². The lowest BCUT2D eigenvalue weighted by atomic mass is 10.2. The van der Waals surface area contributed by atoms with Crippen LogP contribution in [0.3, 0.4) is 0 Å². The first kappa shape index (κ1) is 11.0. The highest BCUT2D eigenvalue weighted by Crippen LogP contribution is 2.34. The van der Waals surface area contributed by atoms with Crippen LogP contribution in [0.2, 0.25) is 0 Å². The van der Waals surface area contributed by atoms with Gasteiger partial charge in [0.25, 0.3) is 5.91 Å². The van der Waals surface area contributed by atoms with Crippen molar-refractivity contribution in [3.8, 4) is 0 Å². The van der Waals surface area contributed by atoms with E-state index in [4.69, 9.17) is 11.5 Å². The van der Waals surface area contributed by atoms with Gasteiger partial charge in [-0.2, -0.15) is 0 Å². The lowest BCUT2D eigenvalue weighted by Gasteiger charge is -2.06. The molecule has 0 aliphatic rings. The third-order valence-electron chi connectivity index (χ3n) is 1.94. The third kappa shape index (κ3) is 2.17. The molecule has 2 rings (SSSR count).